The first-order valence-electron chi connectivity index (χ1n) is 6.59. The Bertz CT molecular complexity index is 352. The van der Waals surface area contributed by atoms with Crippen molar-refractivity contribution >= 4 is 11.8 Å². The summed E-state index contributed by atoms with van der Waals surface area (Å²) in [6.45, 7) is 5.07. The largest absolute Gasteiger partial charge is 0.381 e. The Morgan fingerprint density at radius 3 is 3.17 bits per heavy atom. The first-order chi connectivity index (χ1) is 8.81. The zero-order chi connectivity index (χ0) is 12.8. The fourth-order valence-corrected chi connectivity index (χ4v) is 3.22. The second-order valence-corrected chi connectivity index (χ2v) is 5.65. The van der Waals surface area contributed by atoms with E-state index in [4.69, 9.17) is 4.74 Å². The van der Waals surface area contributed by atoms with Crippen LogP contribution in [-0.2, 0) is 11.8 Å². The number of nitrogens with one attached hydrogen (secondary N) is 1. The van der Waals surface area contributed by atoms with E-state index in [1.165, 1.54) is 12.8 Å². The zero-order valence-corrected chi connectivity index (χ0v) is 11.9. The molecule has 2 rings (SSSR count). The van der Waals surface area contributed by atoms with E-state index >= 15 is 0 Å². The highest BCUT2D eigenvalue weighted by Crippen LogP contribution is 2.22. The molecule has 2 heterocycles. The normalized spacial score (nSPS) is 21.3. The Morgan fingerprint density at radius 1 is 1.67 bits per heavy atom. The van der Waals surface area contributed by atoms with Gasteiger partial charge in [-0.25, -0.2) is 9.67 Å². The van der Waals surface area contributed by atoms with E-state index < -0.39 is 0 Å². The molecule has 1 aromatic rings. The quantitative estimate of drug-likeness (QED) is 0.757. The highest BCUT2D eigenvalue weighted by atomic mass is 32.2. The van der Waals surface area contributed by atoms with Crippen LogP contribution >= 0.6 is 11.8 Å². The van der Waals surface area contributed by atoms with Crippen molar-refractivity contribution in [3.05, 3.63) is 6.33 Å². The summed E-state index contributed by atoms with van der Waals surface area (Å²) in [7, 11) is 1.93. The third-order valence-corrected chi connectivity index (χ3v) is 4.41. The van der Waals surface area contributed by atoms with Crippen LogP contribution in [-0.4, -0.2) is 46.3 Å². The summed E-state index contributed by atoms with van der Waals surface area (Å²) in [4.78, 5) is 4.25. The lowest BCUT2D eigenvalue weighted by molar-refractivity contribution is 0.179. The third-order valence-electron chi connectivity index (χ3n) is 3.25. The highest BCUT2D eigenvalue weighted by Gasteiger charge is 2.25. The van der Waals surface area contributed by atoms with Gasteiger partial charge in [0, 0.05) is 31.4 Å². The molecule has 5 nitrogen and oxygen atoms in total. The van der Waals surface area contributed by atoms with Crippen LogP contribution in [0.3, 0.4) is 0 Å². The zero-order valence-electron chi connectivity index (χ0n) is 11.1. The average Bonchev–Trinajstić information content (AvgIpc) is 3.01. The van der Waals surface area contributed by atoms with Crippen molar-refractivity contribution in [2.24, 2.45) is 13.0 Å². The van der Waals surface area contributed by atoms with E-state index in [2.05, 4.69) is 22.3 Å². The predicted octanol–water partition coefficient (Wildman–Crippen LogP) is 1.31. The van der Waals surface area contributed by atoms with Crippen LogP contribution in [0.2, 0.25) is 0 Å². The molecule has 2 unspecified atom stereocenters. The molecule has 0 spiro atoms. The number of hydrogen-bond donors (Lipinski definition) is 1. The molecule has 1 aliphatic rings. The van der Waals surface area contributed by atoms with Crippen LogP contribution in [0.25, 0.3) is 0 Å². The van der Waals surface area contributed by atoms with E-state index in [-0.39, 0.29) is 0 Å². The van der Waals surface area contributed by atoms with Crippen LogP contribution in [0.5, 0.6) is 0 Å². The fraction of sp³-hybridized carbons (Fsp3) is 0.833. The second-order valence-electron chi connectivity index (χ2n) is 4.66. The van der Waals surface area contributed by atoms with Crippen LogP contribution in [0.4, 0.5) is 0 Å². The Morgan fingerprint density at radius 2 is 2.56 bits per heavy atom. The minimum absolute atomic E-state index is 0.508. The van der Waals surface area contributed by atoms with Gasteiger partial charge in [-0.2, -0.15) is 5.10 Å². The van der Waals surface area contributed by atoms with Gasteiger partial charge in [-0.1, -0.05) is 18.7 Å². The van der Waals surface area contributed by atoms with E-state index in [0.29, 0.717) is 12.0 Å². The molecule has 0 radical (unpaired) electrons. The van der Waals surface area contributed by atoms with Gasteiger partial charge in [0.05, 0.1) is 6.61 Å². The molecule has 1 aromatic heterocycles. The monoisotopic (exact) mass is 270 g/mol. The summed E-state index contributed by atoms with van der Waals surface area (Å²) in [5.74, 6) is 1.66. The van der Waals surface area contributed by atoms with E-state index in [0.717, 1.165) is 30.7 Å². The van der Waals surface area contributed by atoms with Crippen molar-refractivity contribution < 1.29 is 4.74 Å². The Labute approximate surface area is 113 Å². The van der Waals surface area contributed by atoms with Crippen molar-refractivity contribution in [1.29, 1.82) is 0 Å². The fourth-order valence-electron chi connectivity index (χ4n) is 2.14. The molecular formula is C12H22N4OS. The number of hydrogen-bond acceptors (Lipinski definition) is 5. The van der Waals surface area contributed by atoms with Crippen LogP contribution < -0.4 is 5.32 Å². The molecule has 1 fully saturated rings. The summed E-state index contributed by atoms with van der Waals surface area (Å²) in [6, 6.07) is 0.508. The molecule has 0 bridgehead atoms. The van der Waals surface area contributed by atoms with Gasteiger partial charge >= 0.3 is 0 Å². The first-order valence-corrected chi connectivity index (χ1v) is 7.57. The topological polar surface area (TPSA) is 52.0 Å². The van der Waals surface area contributed by atoms with Gasteiger partial charge in [0.2, 0.25) is 0 Å². The van der Waals surface area contributed by atoms with Gasteiger partial charge in [0.25, 0.3) is 0 Å². The number of aryl methyl sites for hydroxylation is 1. The molecular weight excluding hydrogens is 248 g/mol. The third kappa shape index (κ3) is 3.70. The maximum absolute atomic E-state index is 5.50. The molecule has 2 atom stereocenters. The van der Waals surface area contributed by atoms with Crippen LogP contribution in [0.1, 0.15) is 19.8 Å². The molecule has 1 saturated heterocycles. The number of nitrogens with zero attached hydrogens (tertiary/aromatic N) is 3. The summed E-state index contributed by atoms with van der Waals surface area (Å²) in [6.07, 6.45) is 3.94. The lowest BCUT2D eigenvalue weighted by Gasteiger charge is -2.23. The lowest BCUT2D eigenvalue weighted by atomic mass is 10.0. The standard InChI is InChI=1S/C12H22N4OS/c1-3-5-13-11(10-4-6-17-7-10)8-18-12-14-9-15-16(12)2/h9-11,13H,3-8H2,1-2H3. The van der Waals surface area contributed by atoms with Gasteiger partial charge in [-0.05, 0) is 19.4 Å². The number of ether oxygens (including phenoxy) is 1. The molecule has 0 saturated carbocycles. The number of thioether (sulfide) groups is 1. The average molecular weight is 270 g/mol. The Balaban J connectivity index is 1.86. The minimum Gasteiger partial charge on any atom is -0.381 e. The molecule has 102 valence electrons. The molecule has 18 heavy (non-hydrogen) atoms. The van der Waals surface area contributed by atoms with Gasteiger partial charge in [0.1, 0.15) is 6.33 Å². The summed E-state index contributed by atoms with van der Waals surface area (Å²) in [5.41, 5.74) is 0. The maximum atomic E-state index is 5.50. The van der Waals surface area contributed by atoms with Gasteiger partial charge in [-0.15, -0.1) is 0 Å². The van der Waals surface area contributed by atoms with Crippen molar-refractivity contribution in [1.82, 2.24) is 20.1 Å². The van der Waals surface area contributed by atoms with Crippen molar-refractivity contribution in [3.8, 4) is 0 Å². The minimum atomic E-state index is 0.508. The summed E-state index contributed by atoms with van der Waals surface area (Å²) in [5, 5.41) is 8.71. The van der Waals surface area contributed by atoms with E-state index in [1.807, 2.05) is 11.7 Å². The van der Waals surface area contributed by atoms with Gasteiger partial charge < -0.3 is 10.1 Å². The van der Waals surface area contributed by atoms with Gasteiger partial charge in [0.15, 0.2) is 5.16 Å². The summed E-state index contributed by atoms with van der Waals surface area (Å²) < 4.78 is 7.32. The van der Waals surface area contributed by atoms with Crippen molar-refractivity contribution in [2.45, 2.75) is 31.0 Å². The van der Waals surface area contributed by atoms with Crippen LogP contribution in [0.15, 0.2) is 11.5 Å². The molecule has 0 amide bonds. The summed E-state index contributed by atoms with van der Waals surface area (Å²) >= 11 is 1.77. The molecule has 1 aliphatic heterocycles. The van der Waals surface area contributed by atoms with Crippen LogP contribution in [0, 0.1) is 5.92 Å². The Hall–Kier alpha value is -0.590. The Kier molecular flexibility index (Phi) is 5.46. The molecule has 0 aromatic carbocycles. The first kappa shape index (κ1) is 13.8. The SMILES string of the molecule is CCCNC(CSc1ncnn1C)C1CCOC1. The second kappa shape index (κ2) is 7.11. The van der Waals surface area contributed by atoms with Gasteiger partial charge in [-0.3, -0.25) is 0 Å². The van der Waals surface area contributed by atoms with E-state index in [1.54, 1.807) is 18.1 Å². The number of rotatable bonds is 7. The smallest absolute Gasteiger partial charge is 0.185 e. The maximum Gasteiger partial charge on any atom is 0.185 e. The number of aromatic nitrogens is 3. The lowest BCUT2D eigenvalue weighted by Crippen LogP contribution is -2.39. The molecule has 1 N–H and O–H groups in total. The highest BCUT2D eigenvalue weighted by molar-refractivity contribution is 7.99. The molecule has 0 aliphatic carbocycles. The van der Waals surface area contributed by atoms with Crippen molar-refractivity contribution in [2.75, 3.05) is 25.5 Å². The van der Waals surface area contributed by atoms with E-state index in [9.17, 15) is 0 Å². The predicted molar refractivity (Wildman–Crippen MR) is 72.7 cm³/mol. The van der Waals surface area contributed by atoms with Crippen molar-refractivity contribution in [3.63, 3.8) is 0 Å². The molecule has 6 heteroatoms.